The number of anilines is 1. The summed E-state index contributed by atoms with van der Waals surface area (Å²) in [5.74, 6) is 0.905. The Morgan fingerprint density at radius 1 is 1.32 bits per heavy atom. The van der Waals surface area contributed by atoms with Gasteiger partial charge in [0.15, 0.2) is 0 Å². The third-order valence-electron chi connectivity index (χ3n) is 5.92. The van der Waals surface area contributed by atoms with Crippen molar-refractivity contribution < 1.29 is 9.59 Å². The highest BCUT2D eigenvalue weighted by Gasteiger charge is 2.67. The number of carbonyl (C=O) groups excluding carboxylic acids is 2. The monoisotopic (exact) mass is 315 g/mol. The number of benzene rings is 1. The van der Waals surface area contributed by atoms with Crippen LogP contribution in [0, 0.1) is 29.1 Å². The molecule has 3 aliphatic rings. The quantitative estimate of drug-likeness (QED) is 0.630. The second kappa shape index (κ2) is 4.69. The maximum absolute atomic E-state index is 13.0. The van der Waals surface area contributed by atoms with E-state index in [1.165, 1.54) is 17.7 Å². The van der Waals surface area contributed by atoms with Gasteiger partial charge in [-0.3, -0.25) is 14.5 Å². The number of nitrogens with zero attached hydrogens (tertiary/aromatic N) is 1. The van der Waals surface area contributed by atoms with E-state index < -0.39 is 0 Å². The zero-order valence-corrected chi connectivity index (χ0v) is 13.2. The lowest BCUT2D eigenvalue weighted by Gasteiger charge is -2.27. The Balaban J connectivity index is 1.66. The van der Waals surface area contributed by atoms with Crippen LogP contribution in [0.3, 0.4) is 0 Å². The summed E-state index contributed by atoms with van der Waals surface area (Å²) in [6, 6.07) is 6.90. The largest absolute Gasteiger partial charge is 0.278 e. The molecule has 2 saturated carbocycles. The number of amides is 2. The molecule has 2 bridgehead atoms. The molecule has 0 aliphatic heterocycles. The zero-order chi connectivity index (χ0) is 15.5. The minimum atomic E-state index is -0.0957. The van der Waals surface area contributed by atoms with Crippen molar-refractivity contribution in [2.45, 2.75) is 19.8 Å². The van der Waals surface area contributed by atoms with Gasteiger partial charge in [0.2, 0.25) is 12.3 Å². The molecule has 4 heteroatoms. The topological polar surface area (TPSA) is 37.4 Å². The van der Waals surface area contributed by atoms with E-state index in [2.05, 4.69) is 19.1 Å². The first-order valence-corrected chi connectivity index (χ1v) is 8.18. The van der Waals surface area contributed by atoms with E-state index in [0.29, 0.717) is 40.3 Å². The Morgan fingerprint density at radius 3 is 2.64 bits per heavy atom. The summed E-state index contributed by atoms with van der Waals surface area (Å²) in [5.41, 5.74) is 0.874. The van der Waals surface area contributed by atoms with Crippen LogP contribution in [-0.2, 0) is 9.59 Å². The van der Waals surface area contributed by atoms with E-state index in [4.69, 9.17) is 11.6 Å². The van der Waals surface area contributed by atoms with Crippen LogP contribution in [0.4, 0.5) is 5.69 Å². The van der Waals surface area contributed by atoms with Crippen molar-refractivity contribution in [2.75, 3.05) is 4.90 Å². The standard InChI is InChI=1S/C18H18ClNO2/c1-11-14-5-6-15(18(14)7-8-18)16(11)17(22)20(10-21)13-4-2-3-12(19)9-13/h2-6,9-11,14-16H,7-8H2,1H3/t11-,14-,15-,16+/m0/s1. The molecule has 0 aromatic heterocycles. The average molecular weight is 316 g/mol. The van der Waals surface area contributed by atoms with Gasteiger partial charge in [0.25, 0.3) is 0 Å². The minimum Gasteiger partial charge on any atom is -0.278 e. The molecular weight excluding hydrogens is 298 g/mol. The molecule has 1 spiro atoms. The minimum absolute atomic E-state index is 0.0899. The van der Waals surface area contributed by atoms with E-state index in [-0.39, 0.29) is 11.8 Å². The van der Waals surface area contributed by atoms with Crippen LogP contribution in [-0.4, -0.2) is 12.3 Å². The van der Waals surface area contributed by atoms with Crippen molar-refractivity contribution in [2.24, 2.45) is 29.1 Å². The SMILES string of the molecule is C[C@@H]1[C@@H](C(=O)N(C=O)c2cccc(Cl)c2)[C@@H]2C=C[C@@H]1C21CC1. The molecule has 0 saturated heterocycles. The maximum atomic E-state index is 13.0. The molecule has 3 aliphatic carbocycles. The van der Waals surface area contributed by atoms with Crippen LogP contribution in [0.1, 0.15) is 19.8 Å². The molecule has 0 heterocycles. The predicted octanol–water partition coefficient (Wildman–Crippen LogP) is 3.68. The Morgan fingerprint density at radius 2 is 2.05 bits per heavy atom. The molecular formula is C18H18ClNO2. The van der Waals surface area contributed by atoms with Crippen LogP contribution in [0.2, 0.25) is 5.02 Å². The lowest BCUT2D eigenvalue weighted by molar-refractivity contribution is -0.126. The Bertz CT molecular complexity index is 679. The van der Waals surface area contributed by atoms with Crippen molar-refractivity contribution in [3.8, 4) is 0 Å². The number of rotatable bonds is 3. The van der Waals surface area contributed by atoms with E-state index in [9.17, 15) is 9.59 Å². The second-order valence-corrected chi connectivity index (χ2v) is 7.28. The Hall–Kier alpha value is -1.61. The molecule has 0 unspecified atom stereocenters. The van der Waals surface area contributed by atoms with Crippen LogP contribution >= 0.6 is 11.6 Å². The first kappa shape index (κ1) is 14.0. The average Bonchev–Trinajstić information content (AvgIpc) is 3.15. The summed E-state index contributed by atoms with van der Waals surface area (Å²) in [4.78, 5) is 25.8. The molecule has 0 N–H and O–H groups in total. The molecule has 2 fully saturated rings. The molecule has 2 amide bonds. The van der Waals surface area contributed by atoms with Crippen LogP contribution < -0.4 is 4.90 Å². The van der Waals surface area contributed by atoms with E-state index >= 15 is 0 Å². The zero-order valence-electron chi connectivity index (χ0n) is 12.4. The lowest BCUT2D eigenvalue weighted by Crippen LogP contribution is -2.39. The summed E-state index contributed by atoms with van der Waals surface area (Å²) in [6.45, 7) is 2.15. The third kappa shape index (κ3) is 1.75. The first-order valence-electron chi connectivity index (χ1n) is 7.81. The molecule has 0 radical (unpaired) electrons. The second-order valence-electron chi connectivity index (χ2n) is 6.85. The number of halogens is 1. The fourth-order valence-corrected chi connectivity index (χ4v) is 4.97. The number of carbonyl (C=O) groups is 2. The van der Waals surface area contributed by atoms with Gasteiger partial charge in [0, 0.05) is 10.9 Å². The Kier molecular flexibility index (Phi) is 2.99. The van der Waals surface area contributed by atoms with Gasteiger partial charge in [-0.05, 0) is 54.2 Å². The smallest absolute Gasteiger partial charge is 0.237 e. The maximum Gasteiger partial charge on any atom is 0.237 e. The predicted molar refractivity (Wildman–Crippen MR) is 85.4 cm³/mol. The summed E-state index contributed by atoms with van der Waals surface area (Å²) in [7, 11) is 0. The van der Waals surface area contributed by atoms with E-state index in [1.807, 2.05) is 0 Å². The summed E-state index contributed by atoms with van der Waals surface area (Å²) < 4.78 is 0. The van der Waals surface area contributed by atoms with Gasteiger partial charge in [-0.25, -0.2) is 0 Å². The third-order valence-corrected chi connectivity index (χ3v) is 6.15. The number of hydrogen-bond acceptors (Lipinski definition) is 2. The summed E-state index contributed by atoms with van der Waals surface area (Å²) in [5, 5.41) is 0.525. The highest BCUT2D eigenvalue weighted by molar-refractivity contribution is 6.31. The van der Waals surface area contributed by atoms with Crippen LogP contribution in [0.15, 0.2) is 36.4 Å². The summed E-state index contributed by atoms with van der Waals surface area (Å²) in [6.07, 6.45) is 7.54. The van der Waals surface area contributed by atoms with Gasteiger partial charge in [-0.1, -0.05) is 36.7 Å². The van der Waals surface area contributed by atoms with Crippen LogP contribution in [0.25, 0.3) is 0 Å². The van der Waals surface area contributed by atoms with E-state index in [0.717, 1.165) is 0 Å². The molecule has 22 heavy (non-hydrogen) atoms. The molecule has 3 nitrogen and oxygen atoms in total. The fourth-order valence-electron chi connectivity index (χ4n) is 4.79. The van der Waals surface area contributed by atoms with Crippen molar-refractivity contribution in [1.82, 2.24) is 0 Å². The molecule has 1 aromatic rings. The van der Waals surface area contributed by atoms with Gasteiger partial charge in [-0.15, -0.1) is 0 Å². The first-order chi connectivity index (χ1) is 10.6. The molecule has 4 atom stereocenters. The number of hydrogen-bond donors (Lipinski definition) is 0. The van der Waals surface area contributed by atoms with Crippen LogP contribution in [0.5, 0.6) is 0 Å². The molecule has 114 valence electrons. The number of imide groups is 1. The summed E-state index contributed by atoms with van der Waals surface area (Å²) >= 11 is 5.99. The van der Waals surface area contributed by atoms with Crippen molar-refractivity contribution in [1.29, 1.82) is 0 Å². The Labute approximate surface area is 134 Å². The van der Waals surface area contributed by atoms with Gasteiger partial charge < -0.3 is 0 Å². The molecule has 1 aromatic carbocycles. The van der Waals surface area contributed by atoms with Crippen molar-refractivity contribution >= 4 is 29.6 Å². The van der Waals surface area contributed by atoms with Gasteiger partial charge in [-0.2, -0.15) is 0 Å². The normalized spacial score (nSPS) is 33.2. The lowest BCUT2D eigenvalue weighted by atomic mass is 9.83. The van der Waals surface area contributed by atoms with Gasteiger partial charge >= 0.3 is 0 Å². The van der Waals surface area contributed by atoms with Gasteiger partial charge in [0.05, 0.1) is 5.69 Å². The highest BCUT2D eigenvalue weighted by Crippen LogP contribution is 2.72. The van der Waals surface area contributed by atoms with E-state index in [1.54, 1.807) is 24.3 Å². The molecule has 4 rings (SSSR count). The highest BCUT2D eigenvalue weighted by atomic mass is 35.5. The van der Waals surface area contributed by atoms with Crippen molar-refractivity contribution in [3.63, 3.8) is 0 Å². The van der Waals surface area contributed by atoms with Crippen molar-refractivity contribution in [3.05, 3.63) is 41.4 Å². The number of allylic oxidation sites excluding steroid dienone is 2. The van der Waals surface area contributed by atoms with Gasteiger partial charge in [0.1, 0.15) is 0 Å². The fraction of sp³-hybridized carbons (Fsp3) is 0.444.